The zero-order valence-corrected chi connectivity index (χ0v) is 31.6. The highest BCUT2D eigenvalue weighted by atomic mass is 15.1. The molecule has 0 N–H and O–H groups in total. The number of rotatable bonds is 7. The summed E-state index contributed by atoms with van der Waals surface area (Å²) in [5, 5.41) is 2.45. The van der Waals surface area contributed by atoms with Gasteiger partial charge in [0.25, 0.3) is 0 Å². The lowest BCUT2D eigenvalue weighted by Gasteiger charge is -2.14. The van der Waals surface area contributed by atoms with Crippen LogP contribution in [0.15, 0.2) is 219 Å². The van der Waals surface area contributed by atoms with Gasteiger partial charge in [-0.15, -0.1) is 0 Å². The smallest absolute Gasteiger partial charge is 0.145 e. The van der Waals surface area contributed by atoms with Gasteiger partial charge in [-0.05, 0) is 105 Å². The van der Waals surface area contributed by atoms with Crippen molar-refractivity contribution in [3.8, 4) is 73.0 Å². The van der Waals surface area contributed by atoms with Crippen LogP contribution in [0.1, 0.15) is 0 Å². The maximum atomic E-state index is 5.19. The lowest BCUT2D eigenvalue weighted by atomic mass is 9.90. The molecule has 4 heteroatoms. The number of hydrogen-bond acceptors (Lipinski definition) is 2. The number of benzene rings is 8. The quantitative estimate of drug-likeness (QED) is 0.163. The number of hydrogen-bond donors (Lipinski definition) is 0. The molecule has 0 saturated carbocycles. The molecule has 0 atom stereocenters. The van der Waals surface area contributed by atoms with Crippen molar-refractivity contribution in [3.63, 3.8) is 0 Å². The maximum Gasteiger partial charge on any atom is 0.145 e. The molecular formula is C54H36N4. The summed E-state index contributed by atoms with van der Waals surface area (Å²) in [6.07, 6.45) is 2.10. The van der Waals surface area contributed by atoms with Crippen LogP contribution in [0.5, 0.6) is 0 Å². The summed E-state index contributed by atoms with van der Waals surface area (Å²) in [6, 6.07) is 75.5. The summed E-state index contributed by atoms with van der Waals surface area (Å²) in [6.45, 7) is 0. The Kier molecular flexibility index (Phi) is 8.11. The lowest BCUT2D eigenvalue weighted by molar-refractivity contribution is 1.10. The molecule has 11 rings (SSSR count). The minimum Gasteiger partial charge on any atom is -0.299 e. The van der Waals surface area contributed by atoms with E-state index in [1.165, 1.54) is 21.9 Å². The third-order valence-corrected chi connectivity index (χ3v) is 11.1. The third kappa shape index (κ3) is 5.87. The molecule has 0 aliphatic carbocycles. The van der Waals surface area contributed by atoms with Crippen molar-refractivity contribution in [1.29, 1.82) is 0 Å². The molecule has 4 nitrogen and oxygen atoms in total. The van der Waals surface area contributed by atoms with Crippen LogP contribution in [-0.4, -0.2) is 18.9 Å². The molecular weight excluding hydrogens is 705 g/mol. The zero-order valence-electron chi connectivity index (χ0n) is 31.6. The normalized spacial score (nSPS) is 11.4. The Morgan fingerprint density at radius 1 is 0.379 bits per heavy atom. The van der Waals surface area contributed by atoms with E-state index in [1.807, 2.05) is 12.1 Å². The predicted molar refractivity (Wildman–Crippen MR) is 240 cm³/mol. The summed E-state index contributed by atoms with van der Waals surface area (Å²) < 4.78 is 4.44. The summed E-state index contributed by atoms with van der Waals surface area (Å²) in [5.74, 6) is 0.919. The van der Waals surface area contributed by atoms with Crippen LogP contribution in [0, 0.1) is 0 Å². The first kappa shape index (κ1) is 33.5. The largest absolute Gasteiger partial charge is 0.299 e. The van der Waals surface area contributed by atoms with Crippen LogP contribution in [0.2, 0.25) is 0 Å². The molecule has 3 heterocycles. The number of fused-ring (bicyclic) bond motifs is 3. The van der Waals surface area contributed by atoms with Crippen LogP contribution < -0.4 is 0 Å². The highest BCUT2D eigenvalue weighted by molar-refractivity contribution is 5.98. The van der Waals surface area contributed by atoms with E-state index >= 15 is 0 Å². The minimum atomic E-state index is 0.919. The van der Waals surface area contributed by atoms with Gasteiger partial charge in [-0.2, -0.15) is 0 Å². The summed E-state index contributed by atoms with van der Waals surface area (Å²) in [4.78, 5) is 10.3. The van der Waals surface area contributed by atoms with E-state index in [0.29, 0.717) is 0 Å². The van der Waals surface area contributed by atoms with E-state index in [2.05, 4.69) is 215 Å². The minimum absolute atomic E-state index is 0.919. The first-order valence-electron chi connectivity index (χ1n) is 19.7. The molecule has 0 fully saturated rings. The van der Waals surface area contributed by atoms with Crippen molar-refractivity contribution in [3.05, 3.63) is 219 Å². The Hall–Kier alpha value is -7.82. The maximum absolute atomic E-state index is 5.19. The van der Waals surface area contributed by atoms with Crippen molar-refractivity contribution in [2.75, 3.05) is 0 Å². The van der Waals surface area contributed by atoms with Gasteiger partial charge in [0.05, 0.1) is 22.4 Å². The molecule has 0 radical (unpaired) electrons. The van der Waals surface area contributed by atoms with Crippen LogP contribution >= 0.6 is 0 Å². The molecule has 11 aromatic rings. The summed E-state index contributed by atoms with van der Waals surface area (Å²) in [5.41, 5.74) is 16.3. The molecule has 0 amide bonds. The number of imidazole rings is 2. The second kappa shape index (κ2) is 14.0. The summed E-state index contributed by atoms with van der Waals surface area (Å²) >= 11 is 0. The Morgan fingerprint density at radius 3 is 1.86 bits per heavy atom. The molecule has 8 aromatic carbocycles. The van der Waals surface area contributed by atoms with E-state index in [0.717, 1.165) is 78.5 Å². The predicted octanol–water partition coefficient (Wildman–Crippen LogP) is 13.8. The zero-order chi connectivity index (χ0) is 38.4. The lowest BCUT2D eigenvalue weighted by Crippen LogP contribution is -1.97. The standard InChI is InChI=1S/C54H36N4/c1-3-16-39(17-4-1)53-52(56-51-27-11-12-32-57(51)53)42-20-13-19-41(33-42)44-34-43(35-45(36-44)48-24-14-18-38-15-7-8-23-47(38)48)37-28-30-40(31-29-37)54-55-49-25-9-10-26-50(49)58(54)46-21-5-2-6-22-46/h1-36H. The molecule has 0 saturated heterocycles. The first-order valence-corrected chi connectivity index (χ1v) is 19.7. The fourth-order valence-electron chi connectivity index (χ4n) is 8.38. The molecule has 0 aliphatic heterocycles. The SMILES string of the molecule is c1ccc(-c2c(-c3cccc(-c4cc(-c5ccc(-c6nc7ccccc7n6-c6ccccc6)cc5)cc(-c5cccc6ccccc56)c4)c3)nc3ccccn23)cc1. The molecule has 272 valence electrons. The van der Waals surface area contributed by atoms with E-state index in [-0.39, 0.29) is 0 Å². The number of aromatic nitrogens is 4. The molecule has 0 aliphatic rings. The van der Waals surface area contributed by atoms with Crippen LogP contribution in [0.3, 0.4) is 0 Å². The van der Waals surface area contributed by atoms with Gasteiger partial charge in [0.1, 0.15) is 11.5 Å². The number of nitrogens with zero attached hydrogens (tertiary/aromatic N) is 4. The molecule has 0 bridgehead atoms. The Balaban J connectivity index is 1.06. The second-order valence-electron chi connectivity index (χ2n) is 14.7. The van der Waals surface area contributed by atoms with Gasteiger partial charge in [-0.25, -0.2) is 9.97 Å². The van der Waals surface area contributed by atoms with Crippen LogP contribution in [0.4, 0.5) is 0 Å². The third-order valence-electron chi connectivity index (χ3n) is 11.1. The van der Waals surface area contributed by atoms with E-state index in [4.69, 9.17) is 9.97 Å². The van der Waals surface area contributed by atoms with Gasteiger partial charge in [0.15, 0.2) is 0 Å². The Morgan fingerprint density at radius 2 is 1.00 bits per heavy atom. The Bertz CT molecular complexity index is 3260. The van der Waals surface area contributed by atoms with Crippen molar-refractivity contribution in [1.82, 2.24) is 18.9 Å². The van der Waals surface area contributed by atoms with Crippen molar-refractivity contribution in [2.24, 2.45) is 0 Å². The highest BCUT2D eigenvalue weighted by Gasteiger charge is 2.18. The van der Waals surface area contributed by atoms with Crippen molar-refractivity contribution < 1.29 is 0 Å². The van der Waals surface area contributed by atoms with Crippen molar-refractivity contribution >= 4 is 27.5 Å². The number of pyridine rings is 1. The van der Waals surface area contributed by atoms with E-state index < -0.39 is 0 Å². The molecule has 0 spiro atoms. The average Bonchev–Trinajstić information content (AvgIpc) is 3.89. The van der Waals surface area contributed by atoms with E-state index in [9.17, 15) is 0 Å². The summed E-state index contributed by atoms with van der Waals surface area (Å²) in [7, 11) is 0. The monoisotopic (exact) mass is 740 g/mol. The van der Waals surface area contributed by atoms with Gasteiger partial charge < -0.3 is 0 Å². The Labute approximate surface area is 336 Å². The first-order chi connectivity index (χ1) is 28.7. The van der Waals surface area contributed by atoms with Gasteiger partial charge in [0, 0.05) is 28.6 Å². The van der Waals surface area contributed by atoms with Gasteiger partial charge in [-0.1, -0.05) is 152 Å². The topological polar surface area (TPSA) is 35.1 Å². The molecule has 58 heavy (non-hydrogen) atoms. The van der Waals surface area contributed by atoms with Crippen molar-refractivity contribution in [2.45, 2.75) is 0 Å². The highest BCUT2D eigenvalue weighted by Crippen LogP contribution is 2.39. The van der Waals surface area contributed by atoms with Crippen LogP contribution in [0.25, 0.3) is 100 Å². The second-order valence-corrected chi connectivity index (χ2v) is 14.7. The van der Waals surface area contributed by atoms with Gasteiger partial charge in [0.2, 0.25) is 0 Å². The molecule has 3 aromatic heterocycles. The molecule has 0 unspecified atom stereocenters. The van der Waals surface area contributed by atoms with Crippen LogP contribution in [-0.2, 0) is 0 Å². The fraction of sp³-hybridized carbons (Fsp3) is 0. The average molecular weight is 741 g/mol. The fourth-order valence-corrected chi connectivity index (χ4v) is 8.38. The number of para-hydroxylation sites is 3. The van der Waals surface area contributed by atoms with Gasteiger partial charge >= 0.3 is 0 Å². The van der Waals surface area contributed by atoms with Gasteiger partial charge in [-0.3, -0.25) is 8.97 Å². The van der Waals surface area contributed by atoms with E-state index in [1.54, 1.807) is 0 Å².